The van der Waals surface area contributed by atoms with E-state index in [1.54, 1.807) is 0 Å². The smallest absolute Gasteiger partial charge is 0.302 e. The van der Waals surface area contributed by atoms with Gasteiger partial charge in [-0.05, 0) is 104 Å². The SMILES string of the molecule is C[C@H](CC(O)C(O)(O)O)[C@H]1CC[C@H]2[C@@H]3CCC4CCCC[C@]4(C)[C@H]3CC[C@]12C. The van der Waals surface area contributed by atoms with Gasteiger partial charge >= 0.3 is 5.97 Å². The number of hydrogen-bond acceptors (Lipinski definition) is 4. The maximum atomic E-state index is 10.00. The normalized spacial score (nSPS) is 48.3. The van der Waals surface area contributed by atoms with Crippen LogP contribution >= 0.6 is 0 Å². The molecule has 4 N–H and O–H groups in total. The summed E-state index contributed by atoms with van der Waals surface area (Å²) in [6.45, 7) is 7.22. The molecule has 0 saturated heterocycles. The molecule has 4 aliphatic rings. The Kier molecular flexibility index (Phi) is 5.43. The van der Waals surface area contributed by atoms with Crippen LogP contribution in [-0.4, -0.2) is 32.5 Å². The van der Waals surface area contributed by atoms with Crippen LogP contribution in [-0.2, 0) is 0 Å². The van der Waals surface area contributed by atoms with Crippen molar-refractivity contribution in [3.8, 4) is 0 Å². The topological polar surface area (TPSA) is 80.9 Å². The highest BCUT2D eigenvalue weighted by molar-refractivity contribution is 5.09. The fourth-order valence-electron chi connectivity index (χ4n) is 8.94. The van der Waals surface area contributed by atoms with Crippen LogP contribution in [0.2, 0.25) is 0 Å². The maximum Gasteiger partial charge on any atom is 0.302 e. The molecule has 0 bridgehead atoms. The van der Waals surface area contributed by atoms with Crippen LogP contribution < -0.4 is 0 Å². The van der Waals surface area contributed by atoms with Crippen LogP contribution in [0.1, 0.15) is 91.4 Å². The van der Waals surface area contributed by atoms with E-state index in [2.05, 4.69) is 20.8 Å². The first-order valence-corrected chi connectivity index (χ1v) is 11.9. The molecule has 0 radical (unpaired) electrons. The number of fused-ring (bicyclic) bond motifs is 5. The lowest BCUT2D eigenvalue weighted by Gasteiger charge is -2.61. The van der Waals surface area contributed by atoms with Crippen molar-refractivity contribution in [2.24, 2.45) is 46.3 Å². The average Bonchev–Trinajstić information content (AvgIpc) is 2.97. The Morgan fingerprint density at radius 1 is 0.857 bits per heavy atom. The van der Waals surface area contributed by atoms with E-state index in [4.69, 9.17) is 0 Å². The van der Waals surface area contributed by atoms with Gasteiger partial charge < -0.3 is 20.4 Å². The lowest BCUT2D eigenvalue weighted by atomic mass is 9.44. The van der Waals surface area contributed by atoms with Crippen LogP contribution in [0.25, 0.3) is 0 Å². The van der Waals surface area contributed by atoms with Crippen molar-refractivity contribution in [2.45, 2.75) is 103 Å². The largest absolute Gasteiger partial charge is 0.385 e. The summed E-state index contributed by atoms with van der Waals surface area (Å²) in [5.74, 6) is 1.15. The van der Waals surface area contributed by atoms with E-state index in [1.165, 1.54) is 64.2 Å². The predicted molar refractivity (Wildman–Crippen MR) is 109 cm³/mol. The van der Waals surface area contributed by atoms with Crippen LogP contribution in [0.5, 0.6) is 0 Å². The molecule has 4 heteroatoms. The highest BCUT2D eigenvalue weighted by Crippen LogP contribution is 2.68. The summed E-state index contributed by atoms with van der Waals surface area (Å²) in [6, 6.07) is 0. The Bertz CT molecular complexity index is 571. The number of hydrogen-bond donors (Lipinski definition) is 4. The van der Waals surface area contributed by atoms with Crippen LogP contribution in [0.3, 0.4) is 0 Å². The predicted octanol–water partition coefficient (Wildman–Crippen LogP) is 4.05. The Morgan fingerprint density at radius 3 is 2.29 bits per heavy atom. The molecule has 4 saturated carbocycles. The third-order valence-electron chi connectivity index (χ3n) is 10.4. The standard InChI is InChI=1S/C24H42O4/c1-15(14-21(25)24(26,27)28)18-9-10-19-17-8-7-16-6-4-5-12-22(16,2)20(17)11-13-23(18,19)3/h15-21,25-28H,4-14H2,1-3H3/t15-,16?,17+,18-,19+,20+,21?,22+,23-/m1/s1. The molecular formula is C24H42O4. The van der Waals surface area contributed by atoms with Gasteiger partial charge in [0, 0.05) is 0 Å². The second-order valence-electron chi connectivity index (χ2n) is 11.5. The van der Waals surface area contributed by atoms with Crippen molar-refractivity contribution in [3.05, 3.63) is 0 Å². The molecule has 4 nitrogen and oxygen atoms in total. The quantitative estimate of drug-likeness (QED) is 0.542. The molecule has 4 rings (SSSR count). The fraction of sp³-hybridized carbons (Fsp3) is 1.00. The summed E-state index contributed by atoms with van der Waals surface area (Å²) in [4.78, 5) is 0. The van der Waals surface area contributed by atoms with E-state index in [0.29, 0.717) is 16.7 Å². The van der Waals surface area contributed by atoms with Gasteiger partial charge in [0.05, 0.1) is 0 Å². The maximum absolute atomic E-state index is 10.00. The Morgan fingerprint density at radius 2 is 1.57 bits per heavy atom. The van der Waals surface area contributed by atoms with Crippen molar-refractivity contribution in [2.75, 3.05) is 0 Å². The van der Waals surface area contributed by atoms with Gasteiger partial charge in [-0.2, -0.15) is 0 Å². The molecule has 0 aliphatic heterocycles. The molecule has 2 unspecified atom stereocenters. The molecule has 9 atom stereocenters. The molecule has 4 fully saturated rings. The second-order valence-corrected chi connectivity index (χ2v) is 11.5. The molecule has 28 heavy (non-hydrogen) atoms. The number of rotatable bonds is 4. The van der Waals surface area contributed by atoms with Crippen molar-refractivity contribution < 1.29 is 20.4 Å². The van der Waals surface area contributed by atoms with Gasteiger partial charge in [0.1, 0.15) is 6.10 Å². The molecule has 4 aliphatic carbocycles. The summed E-state index contributed by atoms with van der Waals surface area (Å²) in [6.07, 6.45) is 12.4. The van der Waals surface area contributed by atoms with E-state index < -0.39 is 12.1 Å². The van der Waals surface area contributed by atoms with Gasteiger partial charge in [0.25, 0.3) is 0 Å². The van der Waals surface area contributed by atoms with Gasteiger partial charge in [-0.25, -0.2) is 0 Å². The van der Waals surface area contributed by atoms with Crippen molar-refractivity contribution in [1.82, 2.24) is 0 Å². The Balaban J connectivity index is 1.50. The zero-order valence-corrected chi connectivity index (χ0v) is 18.1. The zero-order chi connectivity index (χ0) is 20.3. The molecule has 0 heterocycles. The first-order chi connectivity index (χ1) is 13.1. The minimum Gasteiger partial charge on any atom is -0.385 e. The third-order valence-corrected chi connectivity index (χ3v) is 10.4. The van der Waals surface area contributed by atoms with E-state index >= 15 is 0 Å². The summed E-state index contributed by atoms with van der Waals surface area (Å²) in [5.41, 5.74) is 0.855. The highest BCUT2D eigenvalue weighted by atomic mass is 16.7. The van der Waals surface area contributed by atoms with Gasteiger partial charge in [0.2, 0.25) is 0 Å². The van der Waals surface area contributed by atoms with Gasteiger partial charge in [-0.15, -0.1) is 0 Å². The van der Waals surface area contributed by atoms with E-state index in [0.717, 1.165) is 23.7 Å². The molecule has 0 aromatic heterocycles. The van der Waals surface area contributed by atoms with Gasteiger partial charge in [-0.1, -0.05) is 33.6 Å². The lowest BCUT2D eigenvalue weighted by Crippen LogP contribution is -2.53. The molecule has 0 spiro atoms. The first-order valence-electron chi connectivity index (χ1n) is 11.9. The summed E-state index contributed by atoms with van der Waals surface area (Å²) < 4.78 is 0. The van der Waals surface area contributed by atoms with Crippen molar-refractivity contribution >= 4 is 0 Å². The average molecular weight is 395 g/mol. The highest BCUT2D eigenvalue weighted by Gasteiger charge is 2.60. The van der Waals surface area contributed by atoms with E-state index in [9.17, 15) is 20.4 Å². The van der Waals surface area contributed by atoms with Crippen molar-refractivity contribution in [1.29, 1.82) is 0 Å². The fourth-order valence-corrected chi connectivity index (χ4v) is 8.94. The molecule has 0 amide bonds. The van der Waals surface area contributed by atoms with Crippen LogP contribution in [0.4, 0.5) is 0 Å². The summed E-state index contributed by atoms with van der Waals surface area (Å²) in [7, 11) is 0. The Labute approximate surface area is 170 Å². The second kappa shape index (κ2) is 7.21. The molecule has 0 aromatic carbocycles. The van der Waals surface area contributed by atoms with E-state index in [-0.39, 0.29) is 12.3 Å². The monoisotopic (exact) mass is 394 g/mol. The zero-order valence-electron chi connectivity index (χ0n) is 18.1. The van der Waals surface area contributed by atoms with Gasteiger partial charge in [0.15, 0.2) is 0 Å². The third kappa shape index (κ3) is 3.27. The van der Waals surface area contributed by atoms with E-state index in [1.807, 2.05) is 0 Å². The van der Waals surface area contributed by atoms with Crippen LogP contribution in [0, 0.1) is 46.3 Å². The summed E-state index contributed by atoms with van der Waals surface area (Å²) >= 11 is 0. The Hall–Kier alpha value is -0.160. The van der Waals surface area contributed by atoms with Crippen molar-refractivity contribution in [3.63, 3.8) is 0 Å². The minimum atomic E-state index is -2.99. The lowest BCUT2D eigenvalue weighted by molar-refractivity contribution is -0.357. The minimum absolute atomic E-state index is 0.175. The van der Waals surface area contributed by atoms with Gasteiger partial charge in [-0.3, -0.25) is 0 Å². The van der Waals surface area contributed by atoms with Crippen LogP contribution in [0.15, 0.2) is 0 Å². The number of aliphatic hydroxyl groups excluding tert-OH is 1. The molecular weight excluding hydrogens is 352 g/mol. The number of aliphatic hydroxyl groups is 4. The molecule has 162 valence electrons. The first kappa shape index (κ1) is 21.1. The molecule has 0 aromatic rings. The summed E-state index contributed by atoms with van der Waals surface area (Å²) in [5, 5.41) is 38.0.